The van der Waals surface area contributed by atoms with E-state index >= 15 is 0 Å². The summed E-state index contributed by atoms with van der Waals surface area (Å²) >= 11 is 1.57. The Balaban J connectivity index is 1.57. The Bertz CT molecular complexity index is 578. The molecule has 2 amide bonds. The fraction of sp³-hybridized carbons (Fsp3) is 0.500. The predicted molar refractivity (Wildman–Crippen MR) is 86.9 cm³/mol. The number of hydrogen-bond acceptors (Lipinski definition) is 4. The van der Waals surface area contributed by atoms with Crippen LogP contribution in [0.25, 0.3) is 0 Å². The molecule has 1 aromatic carbocycles. The third-order valence-corrected chi connectivity index (χ3v) is 5.45. The Labute approximate surface area is 135 Å². The highest BCUT2D eigenvalue weighted by molar-refractivity contribution is 8.00. The number of nitrogens with one attached hydrogen (secondary N) is 1. The number of aryl methyl sites for hydroxylation is 1. The second-order valence-electron chi connectivity index (χ2n) is 5.74. The fourth-order valence-corrected chi connectivity index (χ4v) is 3.89. The van der Waals surface area contributed by atoms with Gasteiger partial charge < -0.3 is 10.2 Å². The number of rotatable bonds is 3. The van der Waals surface area contributed by atoms with Crippen LogP contribution in [0.3, 0.4) is 0 Å². The Morgan fingerprint density at radius 3 is 2.95 bits per heavy atom. The number of carbonyl (C=O) groups excluding carboxylic acids is 2. The minimum atomic E-state index is -0.171. The van der Waals surface area contributed by atoms with Gasteiger partial charge in [0.2, 0.25) is 11.8 Å². The summed E-state index contributed by atoms with van der Waals surface area (Å²) < 4.78 is 0. The second-order valence-corrected chi connectivity index (χ2v) is 6.75. The summed E-state index contributed by atoms with van der Waals surface area (Å²) in [7, 11) is 0. The lowest BCUT2D eigenvalue weighted by atomic mass is 10.1. The van der Waals surface area contributed by atoms with E-state index in [0.717, 1.165) is 24.5 Å². The molecule has 6 heteroatoms. The van der Waals surface area contributed by atoms with E-state index in [1.54, 1.807) is 11.8 Å². The lowest BCUT2D eigenvalue weighted by molar-refractivity contribution is -0.138. The average Bonchev–Trinajstić information content (AvgIpc) is 2.54. The van der Waals surface area contributed by atoms with E-state index in [2.05, 4.69) is 23.2 Å². The molecule has 0 aliphatic carbocycles. The van der Waals surface area contributed by atoms with Gasteiger partial charge in [0.05, 0.1) is 5.75 Å². The Morgan fingerprint density at radius 1 is 1.32 bits per heavy atom. The van der Waals surface area contributed by atoms with Crippen molar-refractivity contribution in [3.05, 3.63) is 29.8 Å². The van der Waals surface area contributed by atoms with Gasteiger partial charge in [-0.1, -0.05) is 18.2 Å². The number of thioether (sulfide) groups is 1. The third-order valence-electron chi connectivity index (χ3n) is 4.29. The quantitative estimate of drug-likeness (QED) is 0.835. The molecule has 0 bridgehead atoms. The van der Waals surface area contributed by atoms with Gasteiger partial charge >= 0.3 is 0 Å². The van der Waals surface area contributed by atoms with Crippen LogP contribution < -0.4 is 5.32 Å². The fourth-order valence-electron chi connectivity index (χ4n) is 2.95. The molecule has 1 atom stereocenters. The van der Waals surface area contributed by atoms with Crippen LogP contribution >= 0.6 is 11.8 Å². The number of piperazine rings is 2. The van der Waals surface area contributed by atoms with Crippen molar-refractivity contribution >= 4 is 23.6 Å². The number of fused-ring (bicyclic) bond motifs is 1. The third kappa shape index (κ3) is 3.28. The SMILES string of the molecule is Cc1ccccc1SCC(=O)N1CCN2CCNC(=O)[C@H]2C1. The maximum absolute atomic E-state index is 12.4. The normalized spacial score (nSPS) is 22.1. The zero-order valence-corrected chi connectivity index (χ0v) is 13.6. The van der Waals surface area contributed by atoms with Crippen molar-refractivity contribution in [2.24, 2.45) is 0 Å². The van der Waals surface area contributed by atoms with Crippen molar-refractivity contribution in [3.8, 4) is 0 Å². The average molecular weight is 319 g/mol. The first-order chi connectivity index (χ1) is 10.6. The Hall–Kier alpha value is -1.53. The number of carbonyl (C=O) groups is 2. The van der Waals surface area contributed by atoms with Gasteiger partial charge in [0.25, 0.3) is 0 Å². The molecule has 1 N–H and O–H groups in total. The van der Waals surface area contributed by atoms with Crippen molar-refractivity contribution in [2.45, 2.75) is 17.9 Å². The molecule has 2 aliphatic heterocycles. The van der Waals surface area contributed by atoms with Crippen LogP contribution in [0.1, 0.15) is 5.56 Å². The van der Waals surface area contributed by atoms with Crippen molar-refractivity contribution in [1.82, 2.24) is 15.1 Å². The van der Waals surface area contributed by atoms with Gasteiger partial charge in [-0.25, -0.2) is 0 Å². The maximum Gasteiger partial charge on any atom is 0.239 e. The molecule has 0 aromatic heterocycles. The summed E-state index contributed by atoms with van der Waals surface area (Å²) in [5.41, 5.74) is 1.19. The number of benzene rings is 1. The molecular formula is C16H21N3O2S. The standard InChI is InChI=1S/C16H21N3O2S/c1-12-4-2-3-5-14(12)22-11-15(20)19-9-8-18-7-6-17-16(21)13(18)10-19/h2-5,13H,6-11H2,1H3,(H,17,21)/t13-/m1/s1. The van der Waals surface area contributed by atoms with E-state index < -0.39 is 0 Å². The van der Waals surface area contributed by atoms with Crippen molar-refractivity contribution in [1.29, 1.82) is 0 Å². The van der Waals surface area contributed by atoms with Crippen LogP contribution in [0, 0.1) is 6.92 Å². The van der Waals surface area contributed by atoms with E-state index in [1.165, 1.54) is 5.56 Å². The molecule has 0 unspecified atom stereocenters. The molecule has 2 aliphatic rings. The highest BCUT2D eigenvalue weighted by Gasteiger charge is 2.36. The summed E-state index contributed by atoms with van der Waals surface area (Å²) in [4.78, 5) is 29.5. The highest BCUT2D eigenvalue weighted by Crippen LogP contribution is 2.22. The zero-order valence-electron chi connectivity index (χ0n) is 12.7. The maximum atomic E-state index is 12.4. The van der Waals surface area contributed by atoms with E-state index in [-0.39, 0.29) is 17.9 Å². The summed E-state index contributed by atoms with van der Waals surface area (Å²) in [6.45, 7) is 5.68. The lowest BCUT2D eigenvalue weighted by Gasteiger charge is -2.43. The zero-order chi connectivity index (χ0) is 15.5. The molecule has 2 saturated heterocycles. The smallest absolute Gasteiger partial charge is 0.239 e. The molecule has 3 rings (SSSR count). The van der Waals surface area contributed by atoms with Gasteiger partial charge in [-0.15, -0.1) is 11.8 Å². The van der Waals surface area contributed by atoms with Gasteiger partial charge in [-0.3, -0.25) is 14.5 Å². The number of nitrogens with zero attached hydrogens (tertiary/aromatic N) is 2. The van der Waals surface area contributed by atoms with E-state index in [0.29, 0.717) is 18.8 Å². The van der Waals surface area contributed by atoms with E-state index in [9.17, 15) is 9.59 Å². The predicted octanol–water partition coefficient (Wildman–Crippen LogP) is 0.730. The van der Waals surface area contributed by atoms with Crippen LogP contribution in [0.2, 0.25) is 0 Å². The van der Waals surface area contributed by atoms with Gasteiger partial charge in [-0.05, 0) is 18.6 Å². The van der Waals surface area contributed by atoms with E-state index in [4.69, 9.17) is 0 Å². The summed E-state index contributed by atoms with van der Waals surface area (Å²) in [6, 6.07) is 7.92. The number of amides is 2. The first kappa shape index (κ1) is 15.4. The van der Waals surface area contributed by atoms with Crippen molar-refractivity contribution in [3.63, 3.8) is 0 Å². The van der Waals surface area contributed by atoms with Gasteiger partial charge in [-0.2, -0.15) is 0 Å². The monoisotopic (exact) mass is 319 g/mol. The molecule has 118 valence electrons. The largest absolute Gasteiger partial charge is 0.353 e. The molecule has 1 aromatic rings. The van der Waals surface area contributed by atoms with Crippen LogP contribution in [-0.4, -0.2) is 66.1 Å². The molecule has 0 spiro atoms. The topological polar surface area (TPSA) is 52.7 Å². The molecule has 0 radical (unpaired) electrons. The van der Waals surface area contributed by atoms with Crippen molar-refractivity contribution in [2.75, 3.05) is 38.5 Å². The van der Waals surface area contributed by atoms with Crippen LogP contribution in [-0.2, 0) is 9.59 Å². The minimum Gasteiger partial charge on any atom is -0.353 e. The van der Waals surface area contributed by atoms with Crippen LogP contribution in [0.5, 0.6) is 0 Å². The first-order valence-corrected chi connectivity index (χ1v) is 8.61. The first-order valence-electron chi connectivity index (χ1n) is 7.63. The van der Waals surface area contributed by atoms with Crippen molar-refractivity contribution < 1.29 is 9.59 Å². The van der Waals surface area contributed by atoms with Crippen LogP contribution in [0.15, 0.2) is 29.2 Å². The molecular weight excluding hydrogens is 298 g/mol. The summed E-state index contributed by atoms with van der Waals surface area (Å²) in [5, 5.41) is 2.88. The van der Waals surface area contributed by atoms with Gasteiger partial charge in [0, 0.05) is 37.6 Å². The Morgan fingerprint density at radius 2 is 2.14 bits per heavy atom. The van der Waals surface area contributed by atoms with Gasteiger partial charge in [0.15, 0.2) is 0 Å². The molecule has 5 nitrogen and oxygen atoms in total. The number of hydrogen-bond donors (Lipinski definition) is 1. The second kappa shape index (κ2) is 6.71. The highest BCUT2D eigenvalue weighted by atomic mass is 32.2. The molecule has 2 fully saturated rings. The lowest BCUT2D eigenvalue weighted by Crippen LogP contribution is -2.64. The molecule has 2 heterocycles. The Kier molecular flexibility index (Phi) is 4.69. The van der Waals surface area contributed by atoms with Gasteiger partial charge in [0.1, 0.15) is 6.04 Å². The molecule has 0 saturated carbocycles. The molecule has 22 heavy (non-hydrogen) atoms. The van der Waals surface area contributed by atoms with E-state index in [1.807, 2.05) is 23.1 Å². The minimum absolute atomic E-state index is 0.0512. The summed E-state index contributed by atoms with van der Waals surface area (Å²) in [5.74, 6) is 0.598. The summed E-state index contributed by atoms with van der Waals surface area (Å²) in [6.07, 6.45) is 0. The van der Waals surface area contributed by atoms with Crippen LogP contribution in [0.4, 0.5) is 0 Å².